The SMILES string of the molecule is CCc1ccc(CNc2ccc(OCC(O)CN(C)C)cc2)o1. The Hall–Kier alpha value is -1.98. The predicted octanol–water partition coefficient (Wildman–Crippen LogP) is 2.76. The standard InChI is InChI=1S/C18H26N2O3/c1-4-16-9-10-18(23-16)11-19-14-5-7-17(8-6-14)22-13-15(21)12-20(2)3/h5-10,15,19,21H,4,11-13H2,1-3H3. The van der Waals surface area contributed by atoms with Gasteiger partial charge in [-0.1, -0.05) is 6.92 Å². The van der Waals surface area contributed by atoms with Crippen molar-refractivity contribution in [3.05, 3.63) is 47.9 Å². The quantitative estimate of drug-likeness (QED) is 0.744. The number of nitrogens with zero attached hydrogens (tertiary/aromatic N) is 1. The van der Waals surface area contributed by atoms with Gasteiger partial charge in [0.25, 0.3) is 0 Å². The maximum absolute atomic E-state index is 9.78. The van der Waals surface area contributed by atoms with Gasteiger partial charge >= 0.3 is 0 Å². The smallest absolute Gasteiger partial charge is 0.123 e. The molecule has 1 aromatic heterocycles. The van der Waals surface area contributed by atoms with Crippen molar-refractivity contribution < 1.29 is 14.3 Å². The van der Waals surface area contributed by atoms with E-state index >= 15 is 0 Å². The van der Waals surface area contributed by atoms with E-state index in [9.17, 15) is 5.11 Å². The largest absolute Gasteiger partial charge is 0.491 e. The number of likely N-dealkylation sites (N-methyl/N-ethyl adjacent to an activating group) is 1. The average Bonchev–Trinajstić information content (AvgIpc) is 2.99. The molecule has 0 saturated carbocycles. The van der Waals surface area contributed by atoms with Gasteiger partial charge in [0, 0.05) is 18.7 Å². The first-order valence-corrected chi connectivity index (χ1v) is 7.94. The molecule has 2 N–H and O–H groups in total. The highest BCUT2D eigenvalue weighted by Crippen LogP contribution is 2.17. The summed E-state index contributed by atoms with van der Waals surface area (Å²) in [5.74, 6) is 2.68. The van der Waals surface area contributed by atoms with E-state index in [-0.39, 0.29) is 6.61 Å². The Kier molecular flexibility index (Phi) is 6.50. The van der Waals surface area contributed by atoms with Crippen molar-refractivity contribution in [1.29, 1.82) is 0 Å². The lowest BCUT2D eigenvalue weighted by molar-refractivity contribution is 0.0831. The summed E-state index contributed by atoms with van der Waals surface area (Å²) in [6.45, 7) is 3.60. The Morgan fingerprint density at radius 1 is 1.13 bits per heavy atom. The number of aliphatic hydroxyl groups is 1. The summed E-state index contributed by atoms with van der Waals surface area (Å²) in [7, 11) is 3.85. The van der Waals surface area contributed by atoms with E-state index in [1.807, 2.05) is 55.4 Å². The van der Waals surface area contributed by atoms with Gasteiger partial charge in [0.1, 0.15) is 30.0 Å². The lowest BCUT2D eigenvalue weighted by Gasteiger charge is -2.16. The van der Waals surface area contributed by atoms with Crippen LogP contribution in [0.25, 0.3) is 0 Å². The molecule has 1 unspecified atom stereocenters. The fourth-order valence-corrected chi connectivity index (χ4v) is 2.23. The molecule has 5 nitrogen and oxygen atoms in total. The minimum atomic E-state index is -0.491. The monoisotopic (exact) mass is 318 g/mol. The number of anilines is 1. The van der Waals surface area contributed by atoms with Gasteiger partial charge < -0.3 is 24.5 Å². The molecule has 0 bridgehead atoms. The van der Waals surface area contributed by atoms with Gasteiger partial charge in [-0.25, -0.2) is 0 Å². The van der Waals surface area contributed by atoms with Crippen LogP contribution in [0.5, 0.6) is 5.75 Å². The van der Waals surface area contributed by atoms with Crippen molar-refractivity contribution in [3.8, 4) is 5.75 Å². The number of aryl methyl sites for hydroxylation is 1. The van der Waals surface area contributed by atoms with E-state index in [4.69, 9.17) is 9.15 Å². The van der Waals surface area contributed by atoms with Crippen molar-refractivity contribution in [2.45, 2.75) is 26.0 Å². The van der Waals surface area contributed by atoms with Gasteiger partial charge in [-0.2, -0.15) is 0 Å². The van der Waals surface area contributed by atoms with Gasteiger partial charge in [0.2, 0.25) is 0 Å². The third-order valence-corrected chi connectivity index (χ3v) is 3.41. The number of furan rings is 1. The first-order chi connectivity index (χ1) is 11.1. The highest BCUT2D eigenvalue weighted by atomic mass is 16.5. The molecule has 2 rings (SSSR count). The van der Waals surface area contributed by atoms with E-state index in [2.05, 4.69) is 12.2 Å². The van der Waals surface area contributed by atoms with Crippen LogP contribution in [-0.2, 0) is 13.0 Å². The van der Waals surface area contributed by atoms with Crippen LogP contribution < -0.4 is 10.1 Å². The van der Waals surface area contributed by atoms with Gasteiger partial charge in [-0.3, -0.25) is 0 Å². The summed E-state index contributed by atoms with van der Waals surface area (Å²) in [6.07, 6.45) is 0.417. The molecule has 0 aliphatic rings. The van der Waals surface area contributed by atoms with Crippen LogP contribution in [0.4, 0.5) is 5.69 Å². The van der Waals surface area contributed by atoms with E-state index in [1.54, 1.807) is 0 Å². The Morgan fingerprint density at radius 2 is 1.83 bits per heavy atom. The molecular weight excluding hydrogens is 292 g/mol. The molecule has 0 fully saturated rings. The van der Waals surface area contributed by atoms with E-state index in [1.165, 1.54) is 0 Å². The molecule has 126 valence electrons. The highest BCUT2D eigenvalue weighted by molar-refractivity contribution is 5.46. The summed E-state index contributed by atoms with van der Waals surface area (Å²) in [6, 6.07) is 11.7. The zero-order valence-electron chi connectivity index (χ0n) is 14.1. The van der Waals surface area contributed by atoms with Gasteiger partial charge in [0.15, 0.2) is 0 Å². The fraction of sp³-hybridized carbons (Fsp3) is 0.444. The molecule has 0 aliphatic heterocycles. The van der Waals surface area contributed by atoms with Gasteiger partial charge in [-0.05, 0) is 50.5 Å². The molecule has 1 aromatic carbocycles. The number of rotatable bonds is 9. The Bertz CT molecular complexity index is 578. The summed E-state index contributed by atoms with van der Waals surface area (Å²) in [4.78, 5) is 1.93. The average molecular weight is 318 g/mol. The van der Waals surface area contributed by atoms with E-state index in [0.717, 1.165) is 29.4 Å². The minimum Gasteiger partial charge on any atom is -0.491 e. The van der Waals surface area contributed by atoms with Crippen LogP contribution in [0.15, 0.2) is 40.8 Å². The Labute approximate surface area is 137 Å². The first kappa shape index (κ1) is 17.4. The molecule has 1 heterocycles. The third-order valence-electron chi connectivity index (χ3n) is 3.41. The first-order valence-electron chi connectivity index (χ1n) is 7.94. The molecule has 1 atom stereocenters. The number of hydrogen-bond donors (Lipinski definition) is 2. The molecule has 0 amide bonds. The minimum absolute atomic E-state index is 0.289. The molecule has 2 aromatic rings. The van der Waals surface area contributed by atoms with E-state index in [0.29, 0.717) is 13.1 Å². The second kappa shape index (κ2) is 8.60. The summed E-state index contributed by atoms with van der Waals surface area (Å²) in [5.41, 5.74) is 1.00. The van der Waals surface area contributed by atoms with Crippen molar-refractivity contribution >= 4 is 5.69 Å². The fourth-order valence-electron chi connectivity index (χ4n) is 2.23. The Morgan fingerprint density at radius 3 is 2.43 bits per heavy atom. The molecule has 0 radical (unpaired) electrons. The molecule has 0 saturated heterocycles. The second-order valence-corrected chi connectivity index (χ2v) is 5.83. The molecule has 0 spiro atoms. The number of benzene rings is 1. The van der Waals surface area contributed by atoms with Crippen LogP contribution in [-0.4, -0.2) is 43.4 Å². The van der Waals surface area contributed by atoms with Crippen molar-refractivity contribution in [1.82, 2.24) is 4.90 Å². The van der Waals surface area contributed by atoms with Crippen LogP contribution >= 0.6 is 0 Å². The number of nitrogens with one attached hydrogen (secondary N) is 1. The summed E-state index contributed by atoms with van der Waals surface area (Å²) in [5, 5.41) is 13.1. The number of aliphatic hydroxyl groups excluding tert-OH is 1. The van der Waals surface area contributed by atoms with Crippen LogP contribution in [0.3, 0.4) is 0 Å². The zero-order chi connectivity index (χ0) is 16.7. The van der Waals surface area contributed by atoms with Gasteiger partial charge in [0.05, 0.1) is 6.54 Å². The number of hydrogen-bond acceptors (Lipinski definition) is 5. The molecule has 5 heteroatoms. The lowest BCUT2D eigenvalue weighted by atomic mass is 10.3. The maximum atomic E-state index is 9.78. The van der Waals surface area contributed by atoms with Crippen molar-refractivity contribution in [3.63, 3.8) is 0 Å². The zero-order valence-corrected chi connectivity index (χ0v) is 14.1. The Balaban J connectivity index is 1.77. The van der Waals surface area contributed by atoms with Crippen molar-refractivity contribution in [2.75, 3.05) is 32.6 Å². The predicted molar refractivity (Wildman–Crippen MR) is 91.9 cm³/mol. The van der Waals surface area contributed by atoms with E-state index < -0.39 is 6.10 Å². The van der Waals surface area contributed by atoms with Gasteiger partial charge in [-0.15, -0.1) is 0 Å². The second-order valence-electron chi connectivity index (χ2n) is 5.83. The number of ether oxygens (including phenoxy) is 1. The maximum Gasteiger partial charge on any atom is 0.123 e. The van der Waals surface area contributed by atoms with Crippen LogP contribution in [0, 0.1) is 0 Å². The lowest BCUT2D eigenvalue weighted by Crippen LogP contribution is -2.30. The normalized spacial score (nSPS) is 12.4. The topological polar surface area (TPSA) is 57.9 Å². The molecule has 23 heavy (non-hydrogen) atoms. The molecular formula is C18H26N2O3. The summed E-state index contributed by atoms with van der Waals surface area (Å²) >= 11 is 0. The van der Waals surface area contributed by atoms with Crippen LogP contribution in [0.1, 0.15) is 18.4 Å². The summed E-state index contributed by atoms with van der Waals surface area (Å²) < 4.78 is 11.2. The third kappa shape index (κ3) is 5.96. The van der Waals surface area contributed by atoms with Crippen molar-refractivity contribution in [2.24, 2.45) is 0 Å². The highest BCUT2D eigenvalue weighted by Gasteiger charge is 2.06. The molecule has 0 aliphatic carbocycles. The van der Waals surface area contributed by atoms with Crippen LogP contribution in [0.2, 0.25) is 0 Å².